The average Bonchev–Trinajstić information content (AvgIpc) is 2.55. The number of hydrogen-bond donors (Lipinski definition) is 2. The number of aryl methyl sites for hydroxylation is 1. The largest absolute Gasteiger partial charge is 0.326 e. The third-order valence-electron chi connectivity index (χ3n) is 3.86. The van der Waals surface area contributed by atoms with Gasteiger partial charge < -0.3 is 10.6 Å². The first-order chi connectivity index (χ1) is 12.6. The molecule has 0 aliphatic heterocycles. The Morgan fingerprint density at radius 1 is 1.00 bits per heavy atom. The number of nitrogens with zero attached hydrogens (tertiary/aromatic N) is 1. The summed E-state index contributed by atoms with van der Waals surface area (Å²) in [5, 5.41) is 5.29. The van der Waals surface area contributed by atoms with Crippen molar-refractivity contribution in [2.24, 2.45) is 0 Å². The second kappa shape index (κ2) is 8.79. The molecule has 0 spiro atoms. The van der Waals surface area contributed by atoms with E-state index in [1.54, 1.807) is 24.3 Å². The Bertz CT molecular complexity index is 941. The van der Waals surface area contributed by atoms with Crippen molar-refractivity contribution >= 4 is 33.2 Å². The lowest BCUT2D eigenvalue weighted by atomic mass is 10.1. The van der Waals surface area contributed by atoms with Crippen LogP contribution in [0.4, 0.5) is 11.4 Å². The molecule has 0 aliphatic carbocycles. The van der Waals surface area contributed by atoms with E-state index in [1.807, 2.05) is 31.2 Å². The van der Waals surface area contributed by atoms with E-state index in [1.165, 1.54) is 6.92 Å². The predicted molar refractivity (Wildman–Crippen MR) is 106 cm³/mol. The van der Waals surface area contributed by atoms with Gasteiger partial charge in [0.15, 0.2) is 0 Å². The summed E-state index contributed by atoms with van der Waals surface area (Å²) < 4.78 is 25.3. The Balaban J connectivity index is 2.10. The normalized spacial score (nSPS) is 11.3. The van der Waals surface area contributed by atoms with Crippen LogP contribution in [0.2, 0.25) is 0 Å². The molecule has 27 heavy (non-hydrogen) atoms. The Kier molecular flexibility index (Phi) is 6.70. The van der Waals surface area contributed by atoms with Crippen LogP contribution in [0.3, 0.4) is 0 Å². The number of hydrogen-bond acceptors (Lipinski definition) is 4. The molecule has 0 aliphatic rings. The summed E-state index contributed by atoms with van der Waals surface area (Å²) >= 11 is 0. The van der Waals surface area contributed by atoms with Gasteiger partial charge in [0.2, 0.25) is 21.8 Å². The molecule has 0 unspecified atom stereocenters. The molecular formula is C19H23N3O4S. The molecule has 2 rings (SSSR count). The van der Waals surface area contributed by atoms with E-state index in [4.69, 9.17) is 0 Å². The fraction of sp³-hybridized carbons (Fsp3) is 0.263. The van der Waals surface area contributed by atoms with Gasteiger partial charge in [-0.3, -0.25) is 9.59 Å². The van der Waals surface area contributed by atoms with Gasteiger partial charge in [0.1, 0.15) is 0 Å². The molecule has 0 bridgehead atoms. The number of rotatable bonds is 7. The lowest BCUT2D eigenvalue weighted by Gasteiger charge is -2.20. The highest BCUT2D eigenvalue weighted by Gasteiger charge is 2.21. The van der Waals surface area contributed by atoms with E-state index in [2.05, 4.69) is 10.6 Å². The minimum Gasteiger partial charge on any atom is -0.326 e. The number of nitrogens with one attached hydrogen (secondary N) is 2. The third kappa shape index (κ3) is 6.50. The van der Waals surface area contributed by atoms with E-state index >= 15 is 0 Å². The summed E-state index contributed by atoms with van der Waals surface area (Å²) in [5.41, 5.74) is 2.80. The van der Waals surface area contributed by atoms with Crippen molar-refractivity contribution in [3.05, 3.63) is 59.7 Å². The molecule has 0 fully saturated rings. The highest BCUT2D eigenvalue weighted by Crippen LogP contribution is 2.16. The maximum Gasteiger partial charge on any atom is 0.239 e. The standard InChI is InChI=1S/C19H23N3O4S/c1-14-7-4-5-8-16(14)12-22(27(3,25)26)13-19(24)21-18-10-6-9-17(11-18)20-15(2)23/h4-11H,12-13H2,1-3H3,(H,20,23)(H,21,24). The highest BCUT2D eigenvalue weighted by molar-refractivity contribution is 7.88. The smallest absolute Gasteiger partial charge is 0.239 e. The lowest BCUT2D eigenvalue weighted by Crippen LogP contribution is -2.37. The first-order valence-corrected chi connectivity index (χ1v) is 10.2. The molecule has 144 valence electrons. The quantitative estimate of drug-likeness (QED) is 0.760. The molecule has 2 aromatic rings. The Labute approximate surface area is 159 Å². The topological polar surface area (TPSA) is 95.6 Å². The molecular weight excluding hydrogens is 366 g/mol. The number of carbonyl (C=O) groups excluding carboxylic acids is 2. The van der Waals surface area contributed by atoms with Crippen LogP contribution in [0.25, 0.3) is 0 Å². The van der Waals surface area contributed by atoms with Crippen molar-refractivity contribution in [1.82, 2.24) is 4.31 Å². The number of amides is 2. The summed E-state index contributed by atoms with van der Waals surface area (Å²) in [5.74, 6) is -0.686. The second-order valence-corrected chi connectivity index (χ2v) is 8.25. The van der Waals surface area contributed by atoms with E-state index in [9.17, 15) is 18.0 Å². The van der Waals surface area contributed by atoms with Crippen LogP contribution in [-0.2, 0) is 26.2 Å². The van der Waals surface area contributed by atoms with Gasteiger partial charge in [-0.15, -0.1) is 0 Å². The van der Waals surface area contributed by atoms with Gasteiger partial charge in [-0.05, 0) is 36.2 Å². The van der Waals surface area contributed by atoms with Crippen LogP contribution in [0.5, 0.6) is 0 Å². The first kappa shape index (κ1) is 20.6. The number of anilines is 2. The Morgan fingerprint density at radius 3 is 2.22 bits per heavy atom. The fourth-order valence-electron chi connectivity index (χ4n) is 2.51. The molecule has 0 radical (unpaired) electrons. The zero-order chi connectivity index (χ0) is 20.0. The van der Waals surface area contributed by atoms with Crippen LogP contribution in [-0.4, -0.2) is 37.3 Å². The second-order valence-electron chi connectivity index (χ2n) is 6.27. The molecule has 0 heterocycles. The van der Waals surface area contributed by atoms with Crippen molar-refractivity contribution in [3.8, 4) is 0 Å². The Morgan fingerprint density at radius 2 is 1.63 bits per heavy atom. The zero-order valence-electron chi connectivity index (χ0n) is 15.5. The molecule has 2 N–H and O–H groups in total. The van der Waals surface area contributed by atoms with E-state index in [-0.39, 0.29) is 19.0 Å². The van der Waals surface area contributed by atoms with E-state index < -0.39 is 15.9 Å². The van der Waals surface area contributed by atoms with Crippen LogP contribution in [0.15, 0.2) is 48.5 Å². The predicted octanol–water partition coefficient (Wildman–Crippen LogP) is 2.35. The minimum atomic E-state index is -3.58. The van der Waals surface area contributed by atoms with Crippen LogP contribution in [0.1, 0.15) is 18.1 Å². The third-order valence-corrected chi connectivity index (χ3v) is 5.06. The van der Waals surface area contributed by atoms with Gasteiger partial charge in [0.05, 0.1) is 12.8 Å². The van der Waals surface area contributed by atoms with Gasteiger partial charge in [-0.1, -0.05) is 30.3 Å². The number of benzene rings is 2. The molecule has 0 aromatic heterocycles. The Hall–Kier alpha value is -2.71. The fourth-order valence-corrected chi connectivity index (χ4v) is 3.23. The SMILES string of the molecule is CC(=O)Nc1cccc(NC(=O)CN(Cc2ccccc2C)S(C)(=O)=O)c1. The molecule has 8 heteroatoms. The van der Waals surface area contributed by atoms with Gasteiger partial charge in [0, 0.05) is 24.8 Å². The summed E-state index contributed by atoms with van der Waals surface area (Å²) in [7, 11) is -3.58. The average molecular weight is 389 g/mol. The molecule has 2 amide bonds. The van der Waals surface area contributed by atoms with Gasteiger partial charge in [-0.2, -0.15) is 4.31 Å². The number of carbonyl (C=O) groups is 2. The van der Waals surface area contributed by atoms with Crippen molar-refractivity contribution in [2.75, 3.05) is 23.4 Å². The summed E-state index contributed by atoms with van der Waals surface area (Å²) in [6.07, 6.45) is 1.08. The lowest BCUT2D eigenvalue weighted by molar-refractivity contribution is -0.116. The first-order valence-electron chi connectivity index (χ1n) is 8.32. The summed E-state index contributed by atoms with van der Waals surface area (Å²) in [6, 6.07) is 14.1. The van der Waals surface area contributed by atoms with Gasteiger partial charge in [-0.25, -0.2) is 8.42 Å². The van der Waals surface area contributed by atoms with Crippen LogP contribution < -0.4 is 10.6 Å². The van der Waals surface area contributed by atoms with Crippen molar-refractivity contribution in [1.29, 1.82) is 0 Å². The molecule has 7 nitrogen and oxygen atoms in total. The molecule has 0 saturated carbocycles. The molecule has 0 atom stereocenters. The summed E-state index contributed by atoms with van der Waals surface area (Å²) in [6.45, 7) is 3.09. The van der Waals surface area contributed by atoms with Crippen molar-refractivity contribution in [3.63, 3.8) is 0 Å². The monoisotopic (exact) mass is 389 g/mol. The number of sulfonamides is 1. The van der Waals surface area contributed by atoms with Gasteiger partial charge >= 0.3 is 0 Å². The van der Waals surface area contributed by atoms with Crippen LogP contribution in [0, 0.1) is 6.92 Å². The van der Waals surface area contributed by atoms with Crippen molar-refractivity contribution < 1.29 is 18.0 Å². The highest BCUT2D eigenvalue weighted by atomic mass is 32.2. The zero-order valence-corrected chi connectivity index (χ0v) is 16.3. The maximum absolute atomic E-state index is 12.4. The molecule has 0 saturated heterocycles. The summed E-state index contributed by atoms with van der Waals surface area (Å²) in [4.78, 5) is 23.5. The van der Waals surface area contributed by atoms with E-state index in [0.29, 0.717) is 11.4 Å². The molecule has 2 aromatic carbocycles. The van der Waals surface area contributed by atoms with Crippen molar-refractivity contribution in [2.45, 2.75) is 20.4 Å². The maximum atomic E-state index is 12.4. The van der Waals surface area contributed by atoms with Gasteiger partial charge in [0.25, 0.3) is 0 Å². The minimum absolute atomic E-state index is 0.116. The van der Waals surface area contributed by atoms with E-state index in [0.717, 1.165) is 21.7 Å². The van der Waals surface area contributed by atoms with Crippen LogP contribution >= 0.6 is 0 Å².